The highest BCUT2D eigenvalue weighted by atomic mass is 19.4. The first-order valence-electron chi connectivity index (χ1n) is 11.9. The first-order chi connectivity index (χ1) is 17.6. The summed E-state index contributed by atoms with van der Waals surface area (Å²) < 4.78 is 39.6. The van der Waals surface area contributed by atoms with Crippen LogP contribution in [0.3, 0.4) is 0 Å². The maximum atomic E-state index is 13.2. The molecule has 2 aromatic rings. The van der Waals surface area contributed by atoms with Crippen LogP contribution in [0.15, 0.2) is 48.5 Å². The van der Waals surface area contributed by atoms with E-state index in [9.17, 15) is 42.6 Å². The Hall–Kier alpha value is -3.89. The molecule has 11 heteroatoms. The summed E-state index contributed by atoms with van der Waals surface area (Å²) in [4.78, 5) is 49.1. The molecule has 0 bridgehead atoms. The number of aliphatic carboxylic acids is 2. The third-order valence-corrected chi connectivity index (χ3v) is 7.76. The molecule has 3 rings (SSSR count). The van der Waals surface area contributed by atoms with Gasteiger partial charge in [-0.05, 0) is 55.0 Å². The van der Waals surface area contributed by atoms with E-state index in [2.05, 4.69) is 10.6 Å². The number of carboxylic acid groups (broad SMARTS) is 2. The Morgan fingerprint density at radius 2 is 1.61 bits per heavy atom. The Morgan fingerprint density at radius 1 is 1.00 bits per heavy atom. The van der Waals surface area contributed by atoms with Crippen LogP contribution in [-0.4, -0.2) is 40.0 Å². The Balaban J connectivity index is 1.69. The number of carboxylic acids is 2. The Bertz CT molecular complexity index is 1240. The van der Waals surface area contributed by atoms with E-state index in [0.29, 0.717) is 12.0 Å². The Labute approximate surface area is 217 Å². The van der Waals surface area contributed by atoms with Crippen LogP contribution in [0, 0.1) is 16.7 Å². The number of rotatable bonds is 8. The number of hydrogen-bond acceptors (Lipinski definition) is 4. The van der Waals surface area contributed by atoms with Gasteiger partial charge in [0.25, 0.3) is 5.91 Å². The number of amides is 2. The van der Waals surface area contributed by atoms with Gasteiger partial charge in [0.2, 0.25) is 5.91 Å². The van der Waals surface area contributed by atoms with Gasteiger partial charge in [-0.3, -0.25) is 14.4 Å². The van der Waals surface area contributed by atoms with Crippen molar-refractivity contribution >= 4 is 29.4 Å². The minimum absolute atomic E-state index is 0.102. The van der Waals surface area contributed by atoms with Crippen molar-refractivity contribution in [1.82, 2.24) is 5.32 Å². The molecule has 2 unspecified atom stereocenters. The summed E-state index contributed by atoms with van der Waals surface area (Å²) in [7, 11) is 0. The zero-order chi connectivity index (χ0) is 28.5. The largest absolute Gasteiger partial charge is 0.481 e. The van der Waals surface area contributed by atoms with Crippen molar-refractivity contribution in [2.24, 2.45) is 16.7 Å². The van der Waals surface area contributed by atoms with Crippen molar-refractivity contribution in [3.8, 4) is 0 Å². The van der Waals surface area contributed by atoms with Gasteiger partial charge in [-0.1, -0.05) is 38.1 Å². The normalized spacial score (nSPS) is 21.4. The van der Waals surface area contributed by atoms with Gasteiger partial charge in [0.1, 0.15) is 6.04 Å². The monoisotopic (exact) mass is 534 g/mol. The molecule has 4 N–H and O–H groups in total. The van der Waals surface area contributed by atoms with Gasteiger partial charge < -0.3 is 20.8 Å². The molecule has 0 radical (unpaired) electrons. The van der Waals surface area contributed by atoms with Gasteiger partial charge >= 0.3 is 18.1 Å². The van der Waals surface area contributed by atoms with Crippen molar-refractivity contribution in [3.63, 3.8) is 0 Å². The lowest BCUT2D eigenvalue weighted by molar-refractivity contribution is -0.155. The lowest BCUT2D eigenvalue weighted by Crippen LogP contribution is -2.49. The molecule has 0 spiro atoms. The fourth-order valence-electron chi connectivity index (χ4n) is 4.90. The molecule has 3 atom stereocenters. The molecule has 0 aliphatic heterocycles. The van der Waals surface area contributed by atoms with Crippen LogP contribution in [-0.2, 0) is 27.0 Å². The lowest BCUT2D eigenvalue weighted by Gasteiger charge is -2.38. The summed E-state index contributed by atoms with van der Waals surface area (Å²) >= 11 is 0. The Morgan fingerprint density at radius 3 is 2.13 bits per heavy atom. The number of benzene rings is 2. The van der Waals surface area contributed by atoms with Gasteiger partial charge in [-0.15, -0.1) is 0 Å². The minimum atomic E-state index is -4.70. The summed E-state index contributed by atoms with van der Waals surface area (Å²) in [5.74, 6) is -4.48. The molecule has 1 saturated carbocycles. The topological polar surface area (TPSA) is 133 Å². The first-order valence-corrected chi connectivity index (χ1v) is 11.9. The number of carbonyl (C=O) groups excluding carboxylic acids is 2. The molecular formula is C27H29F3N2O6. The van der Waals surface area contributed by atoms with E-state index in [4.69, 9.17) is 0 Å². The lowest BCUT2D eigenvalue weighted by atomic mass is 9.65. The number of carbonyl (C=O) groups is 4. The van der Waals surface area contributed by atoms with Crippen molar-refractivity contribution < 1.29 is 42.6 Å². The van der Waals surface area contributed by atoms with E-state index in [1.807, 2.05) is 0 Å². The second kappa shape index (κ2) is 10.5. The number of anilines is 1. The van der Waals surface area contributed by atoms with E-state index >= 15 is 0 Å². The predicted octanol–water partition coefficient (Wildman–Crippen LogP) is 4.60. The van der Waals surface area contributed by atoms with E-state index in [-0.39, 0.29) is 18.5 Å². The summed E-state index contributed by atoms with van der Waals surface area (Å²) in [5.41, 5.74) is -2.94. The number of hydrogen-bond donors (Lipinski definition) is 4. The van der Waals surface area contributed by atoms with Crippen LogP contribution in [0.25, 0.3) is 0 Å². The maximum absolute atomic E-state index is 13.2. The van der Waals surface area contributed by atoms with Crippen molar-refractivity contribution in [2.45, 2.75) is 52.3 Å². The molecule has 1 aliphatic carbocycles. The van der Waals surface area contributed by atoms with Crippen LogP contribution in [0.4, 0.5) is 18.9 Å². The molecular weight excluding hydrogens is 505 g/mol. The molecule has 204 valence electrons. The maximum Gasteiger partial charge on any atom is 0.417 e. The highest BCUT2D eigenvalue weighted by Crippen LogP contribution is 2.56. The summed E-state index contributed by atoms with van der Waals surface area (Å²) in [6.07, 6.45) is -4.21. The van der Waals surface area contributed by atoms with Crippen molar-refractivity contribution in [1.29, 1.82) is 0 Å². The van der Waals surface area contributed by atoms with E-state index in [1.54, 1.807) is 20.8 Å². The molecule has 1 aliphatic rings. The van der Waals surface area contributed by atoms with E-state index in [0.717, 1.165) is 12.1 Å². The third-order valence-electron chi connectivity index (χ3n) is 7.76. The van der Waals surface area contributed by atoms with Crippen LogP contribution in [0.1, 0.15) is 55.1 Å². The smallest absolute Gasteiger partial charge is 0.417 e. The fraction of sp³-hybridized carbons (Fsp3) is 0.407. The molecule has 38 heavy (non-hydrogen) atoms. The number of alkyl halides is 3. The summed E-state index contributed by atoms with van der Waals surface area (Å²) in [5, 5.41) is 24.3. The predicted molar refractivity (Wildman–Crippen MR) is 131 cm³/mol. The van der Waals surface area contributed by atoms with Crippen LogP contribution in [0.2, 0.25) is 0 Å². The van der Waals surface area contributed by atoms with Crippen molar-refractivity contribution in [3.05, 3.63) is 65.2 Å². The average molecular weight is 535 g/mol. The SMILES string of the molecule is CC1(C(=O)O)CCC(C(=O)N[C@@H](Cc2ccc(NC(=O)c3ccccc3C(F)(F)F)cc2)C(=O)O)C1(C)C. The summed E-state index contributed by atoms with van der Waals surface area (Å²) in [6.45, 7) is 4.96. The molecule has 8 nitrogen and oxygen atoms in total. The highest BCUT2D eigenvalue weighted by molar-refractivity contribution is 6.05. The van der Waals surface area contributed by atoms with Gasteiger partial charge in [-0.25, -0.2) is 4.79 Å². The quantitative estimate of drug-likeness (QED) is 0.391. The average Bonchev–Trinajstić information content (AvgIpc) is 3.08. The third kappa shape index (κ3) is 5.66. The number of nitrogens with one attached hydrogen (secondary N) is 2. The zero-order valence-corrected chi connectivity index (χ0v) is 21.1. The standard InChI is InChI=1S/C27H29F3N2O6/c1-25(2)19(12-13-26(25,3)24(37)38)22(34)32-20(23(35)36)14-15-8-10-16(11-9-15)31-21(33)17-6-4-5-7-18(17)27(28,29)30/h4-11,19-20H,12-14H2,1-3H3,(H,31,33)(H,32,34)(H,35,36)(H,37,38)/t19?,20-,26?/m0/s1. The summed E-state index contributed by atoms with van der Waals surface area (Å²) in [6, 6.07) is 8.92. The van der Waals surface area contributed by atoms with Crippen molar-refractivity contribution in [2.75, 3.05) is 5.32 Å². The second-order valence-electron chi connectivity index (χ2n) is 10.2. The van der Waals surface area contributed by atoms with E-state index in [1.165, 1.54) is 36.4 Å². The molecule has 2 amide bonds. The zero-order valence-electron chi connectivity index (χ0n) is 21.1. The second-order valence-corrected chi connectivity index (χ2v) is 10.2. The van der Waals surface area contributed by atoms with Gasteiger partial charge in [0, 0.05) is 18.0 Å². The van der Waals surface area contributed by atoms with Gasteiger partial charge in [-0.2, -0.15) is 13.2 Å². The van der Waals surface area contributed by atoms with Gasteiger partial charge in [0.05, 0.1) is 16.5 Å². The number of halogens is 3. The van der Waals surface area contributed by atoms with Gasteiger partial charge in [0.15, 0.2) is 0 Å². The molecule has 0 heterocycles. The Kier molecular flexibility index (Phi) is 7.90. The van der Waals surface area contributed by atoms with Crippen LogP contribution in [0.5, 0.6) is 0 Å². The molecule has 2 aromatic carbocycles. The first kappa shape index (κ1) is 28.7. The van der Waals surface area contributed by atoms with Crippen LogP contribution < -0.4 is 10.6 Å². The van der Waals surface area contributed by atoms with Crippen LogP contribution >= 0.6 is 0 Å². The molecule has 0 saturated heterocycles. The molecule has 0 aromatic heterocycles. The fourth-order valence-corrected chi connectivity index (χ4v) is 4.90. The highest BCUT2D eigenvalue weighted by Gasteiger charge is 2.58. The molecule has 1 fully saturated rings. The van der Waals surface area contributed by atoms with E-state index < -0.39 is 63.8 Å². The minimum Gasteiger partial charge on any atom is -0.481 e.